The number of rotatable bonds is 3. The zero-order valence-corrected chi connectivity index (χ0v) is 8.95. The van der Waals surface area contributed by atoms with E-state index in [1.807, 2.05) is 17.5 Å². The fourth-order valence-corrected chi connectivity index (χ4v) is 1.96. The van der Waals surface area contributed by atoms with Gasteiger partial charge < -0.3 is 10.1 Å². The van der Waals surface area contributed by atoms with Gasteiger partial charge in [-0.25, -0.2) is 9.78 Å². The lowest BCUT2D eigenvalue weighted by Gasteiger charge is -1.98. The van der Waals surface area contributed by atoms with Crippen LogP contribution in [-0.4, -0.2) is 21.0 Å². The highest BCUT2D eigenvalue weighted by molar-refractivity contribution is 7.09. The molecule has 5 nitrogen and oxygen atoms in total. The maximum absolute atomic E-state index is 11.3. The summed E-state index contributed by atoms with van der Waals surface area (Å²) in [5.41, 5.74) is -0.955. The largest absolute Gasteiger partial charge is 0.477 e. The van der Waals surface area contributed by atoms with Crippen molar-refractivity contribution < 1.29 is 9.90 Å². The second-order valence-corrected chi connectivity index (χ2v) is 4.17. The summed E-state index contributed by atoms with van der Waals surface area (Å²) in [6.07, 6.45) is 1.59. The smallest absolute Gasteiger partial charge is 0.342 e. The zero-order valence-electron chi connectivity index (χ0n) is 8.14. The maximum Gasteiger partial charge on any atom is 0.342 e. The second-order valence-electron chi connectivity index (χ2n) is 3.13. The predicted octanol–water partition coefficient (Wildman–Crippen LogP) is 1.12. The van der Waals surface area contributed by atoms with Gasteiger partial charge in [-0.05, 0) is 11.4 Å². The number of hydrogen-bond acceptors (Lipinski definition) is 4. The van der Waals surface area contributed by atoms with Crippen molar-refractivity contribution in [1.82, 2.24) is 9.97 Å². The average molecular weight is 236 g/mol. The molecule has 2 aromatic heterocycles. The Bertz CT molecular complexity index is 560. The number of hydrogen-bond donors (Lipinski definition) is 2. The minimum Gasteiger partial charge on any atom is -0.477 e. The first kappa shape index (κ1) is 10.6. The third kappa shape index (κ3) is 2.17. The quantitative estimate of drug-likeness (QED) is 0.836. The molecule has 0 atom stereocenters. The van der Waals surface area contributed by atoms with Crippen LogP contribution in [0.25, 0.3) is 0 Å². The molecule has 0 saturated carbocycles. The van der Waals surface area contributed by atoms with Gasteiger partial charge in [0, 0.05) is 17.5 Å². The van der Waals surface area contributed by atoms with Crippen LogP contribution < -0.4 is 5.56 Å². The molecular formula is C10H8N2O3S. The molecule has 0 aliphatic carbocycles. The highest BCUT2D eigenvalue weighted by Gasteiger charge is 2.09. The number of carboxylic acids is 1. The lowest BCUT2D eigenvalue weighted by Crippen LogP contribution is -2.20. The summed E-state index contributed by atoms with van der Waals surface area (Å²) in [5.74, 6) is -0.797. The van der Waals surface area contributed by atoms with E-state index in [0.29, 0.717) is 12.2 Å². The van der Waals surface area contributed by atoms with E-state index in [0.717, 1.165) is 11.1 Å². The van der Waals surface area contributed by atoms with Crippen molar-refractivity contribution in [2.75, 3.05) is 0 Å². The van der Waals surface area contributed by atoms with E-state index in [1.54, 1.807) is 11.3 Å². The van der Waals surface area contributed by atoms with Gasteiger partial charge in [0.1, 0.15) is 11.4 Å². The highest BCUT2D eigenvalue weighted by Crippen LogP contribution is 2.11. The van der Waals surface area contributed by atoms with Crippen LogP contribution in [0.15, 0.2) is 28.5 Å². The number of carbonyl (C=O) groups is 1. The number of aromatic carboxylic acids is 1. The Kier molecular flexibility index (Phi) is 2.82. The molecule has 0 fully saturated rings. The van der Waals surface area contributed by atoms with Crippen LogP contribution in [0.3, 0.4) is 0 Å². The zero-order chi connectivity index (χ0) is 11.5. The molecule has 0 saturated heterocycles. The third-order valence-electron chi connectivity index (χ3n) is 2.00. The molecule has 0 spiro atoms. The first-order valence-corrected chi connectivity index (χ1v) is 5.38. The molecule has 2 rings (SSSR count). The van der Waals surface area contributed by atoms with Gasteiger partial charge in [0.25, 0.3) is 5.56 Å². The average Bonchev–Trinajstić information content (AvgIpc) is 2.70. The van der Waals surface area contributed by atoms with Crippen LogP contribution in [0.2, 0.25) is 0 Å². The molecular weight excluding hydrogens is 228 g/mol. The molecule has 6 heteroatoms. The summed E-state index contributed by atoms with van der Waals surface area (Å²) in [6, 6.07) is 3.83. The summed E-state index contributed by atoms with van der Waals surface area (Å²) in [7, 11) is 0. The summed E-state index contributed by atoms with van der Waals surface area (Å²) in [5, 5.41) is 10.6. The van der Waals surface area contributed by atoms with Crippen LogP contribution in [0.1, 0.15) is 21.1 Å². The monoisotopic (exact) mass is 236 g/mol. The van der Waals surface area contributed by atoms with Gasteiger partial charge in [-0.15, -0.1) is 11.3 Å². The number of nitrogens with zero attached hydrogens (tertiary/aromatic N) is 1. The minimum atomic E-state index is -1.27. The minimum absolute atomic E-state index is 0.338. The van der Waals surface area contributed by atoms with Crippen molar-refractivity contribution in [2.24, 2.45) is 0 Å². The Hall–Kier alpha value is -1.95. The van der Waals surface area contributed by atoms with E-state index < -0.39 is 11.5 Å². The molecule has 0 amide bonds. The summed E-state index contributed by atoms with van der Waals surface area (Å²) in [6.45, 7) is 0. The van der Waals surface area contributed by atoms with Gasteiger partial charge >= 0.3 is 5.97 Å². The predicted molar refractivity (Wildman–Crippen MR) is 58.9 cm³/mol. The maximum atomic E-state index is 11.3. The van der Waals surface area contributed by atoms with Crippen LogP contribution in [0, 0.1) is 0 Å². The van der Waals surface area contributed by atoms with E-state index in [1.165, 1.54) is 0 Å². The molecule has 2 N–H and O–H groups in total. The van der Waals surface area contributed by atoms with Crippen molar-refractivity contribution in [3.05, 3.63) is 50.3 Å². The fraction of sp³-hybridized carbons (Fsp3) is 0.100. The van der Waals surface area contributed by atoms with Crippen molar-refractivity contribution in [3.8, 4) is 0 Å². The molecule has 2 aromatic rings. The molecule has 0 aliphatic rings. The first-order valence-electron chi connectivity index (χ1n) is 4.50. The summed E-state index contributed by atoms with van der Waals surface area (Å²) < 4.78 is 0. The number of H-pyrrole nitrogens is 1. The molecule has 0 aromatic carbocycles. The van der Waals surface area contributed by atoms with Crippen LogP contribution in [-0.2, 0) is 6.42 Å². The Labute approximate surface area is 94.4 Å². The molecule has 2 heterocycles. The molecule has 0 unspecified atom stereocenters. The third-order valence-corrected chi connectivity index (χ3v) is 2.88. The molecule has 82 valence electrons. The topological polar surface area (TPSA) is 83.0 Å². The van der Waals surface area contributed by atoms with Crippen LogP contribution in [0.5, 0.6) is 0 Å². The van der Waals surface area contributed by atoms with Gasteiger partial charge in [0.2, 0.25) is 0 Å². The lowest BCUT2D eigenvalue weighted by atomic mass is 10.3. The summed E-state index contributed by atoms with van der Waals surface area (Å²) in [4.78, 5) is 29.4. The lowest BCUT2D eigenvalue weighted by molar-refractivity contribution is 0.0694. The first-order chi connectivity index (χ1) is 7.66. The SMILES string of the molecule is O=C(O)c1cnc(Cc2cccs2)[nH]c1=O. The van der Waals surface area contributed by atoms with E-state index in [-0.39, 0.29) is 5.56 Å². The Morgan fingerprint density at radius 2 is 2.38 bits per heavy atom. The van der Waals surface area contributed by atoms with Gasteiger partial charge in [-0.1, -0.05) is 6.07 Å². The molecule has 16 heavy (non-hydrogen) atoms. The van der Waals surface area contributed by atoms with Crippen LogP contribution >= 0.6 is 11.3 Å². The Morgan fingerprint density at radius 1 is 1.56 bits per heavy atom. The van der Waals surface area contributed by atoms with E-state index in [4.69, 9.17) is 5.11 Å². The molecule has 0 radical (unpaired) electrons. The van der Waals surface area contributed by atoms with Gasteiger partial charge in [-0.2, -0.15) is 0 Å². The van der Waals surface area contributed by atoms with Gasteiger partial charge in [0.15, 0.2) is 0 Å². The van der Waals surface area contributed by atoms with E-state index in [9.17, 15) is 9.59 Å². The van der Waals surface area contributed by atoms with Crippen molar-refractivity contribution in [3.63, 3.8) is 0 Å². The van der Waals surface area contributed by atoms with Gasteiger partial charge in [-0.3, -0.25) is 4.79 Å². The van der Waals surface area contributed by atoms with Crippen molar-refractivity contribution in [2.45, 2.75) is 6.42 Å². The summed E-state index contributed by atoms with van der Waals surface area (Å²) >= 11 is 1.56. The van der Waals surface area contributed by atoms with Crippen LogP contribution in [0.4, 0.5) is 0 Å². The van der Waals surface area contributed by atoms with E-state index in [2.05, 4.69) is 9.97 Å². The Balaban J connectivity index is 2.28. The molecule has 0 bridgehead atoms. The molecule has 0 aliphatic heterocycles. The van der Waals surface area contributed by atoms with E-state index >= 15 is 0 Å². The second kappa shape index (κ2) is 4.28. The highest BCUT2D eigenvalue weighted by atomic mass is 32.1. The number of carboxylic acid groups (broad SMARTS) is 1. The fourth-order valence-electron chi connectivity index (χ4n) is 1.25. The number of aromatic nitrogens is 2. The number of thiophene rings is 1. The van der Waals surface area contributed by atoms with Crippen molar-refractivity contribution >= 4 is 17.3 Å². The number of aromatic amines is 1. The Morgan fingerprint density at radius 3 is 2.94 bits per heavy atom. The number of nitrogens with one attached hydrogen (secondary N) is 1. The normalized spacial score (nSPS) is 10.2. The van der Waals surface area contributed by atoms with Gasteiger partial charge in [0.05, 0.1) is 0 Å². The van der Waals surface area contributed by atoms with Crippen molar-refractivity contribution in [1.29, 1.82) is 0 Å². The standard InChI is InChI=1S/C10H8N2O3S/c13-9-7(10(14)15)5-11-8(12-9)4-6-2-1-3-16-6/h1-3,5H,4H2,(H,14,15)(H,11,12,13).